The standard InChI is InChI=1S/C14H26N2O2.ClH/c1-18-7-6-15-4-5-16-14(17)10-13-9-11-2-3-12(13)8-11;/h11-13,15H,2-10H2,1H3,(H,16,17);1H. The van der Waals surface area contributed by atoms with Gasteiger partial charge in [-0.25, -0.2) is 0 Å². The Morgan fingerprint density at radius 2 is 2.05 bits per heavy atom. The van der Waals surface area contributed by atoms with E-state index in [4.69, 9.17) is 4.74 Å². The maximum Gasteiger partial charge on any atom is 0.220 e. The summed E-state index contributed by atoms with van der Waals surface area (Å²) in [6.45, 7) is 3.12. The molecule has 1 amide bonds. The van der Waals surface area contributed by atoms with Crippen molar-refractivity contribution in [1.82, 2.24) is 10.6 Å². The molecule has 3 atom stereocenters. The van der Waals surface area contributed by atoms with Crippen molar-refractivity contribution < 1.29 is 9.53 Å². The largest absolute Gasteiger partial charge is 0.383 e. The molecule has 2 bridgehead atoms. The van der Waals surface area contributed by atoms with Gasteiger partial charge in [0.2, 0.25) is 5.91 Å². The summed E-state index contributed by atoms with van der Waals surface area (Å²) in [5, 5.41) is 6.23. The summed E-state index contributed by atoms with van der Waals surface area (Å²) in [5.41, 5.74) is 0. The van der Waals surface area contributed by atoms with Crippen molar-refractivity contribution in [2.24, 2.45) is 17.8 Å². The number of carbonyl (C=O) groups excluding carboxylic acids is 1. The Kier molecular flexibility index (Phi) is 7.73. The molecular weight excluding hydrogens is 264 g/mol. The molecule has 112 valence electrons. The third kappa shape index (κ3) is 5.28. The van der Waals surface area contributed by atoms with Crippen LogP contribution in [0.4, 0.5) is 0 Å². The van der Waals surface area contributed by atoms with E-state index in [1.54, 1.807) is 7.11 Å². The van der Waals surface area contributed by atoms with Gasteiger partial charge in [0.25, 0.3) is 0 Å². The zero-order valence-corrected chi connectivity index (χ0v) is 12.6. The highest BCUT2D eigenvalue weighted by Gasteiger charge is 2.39. The number of hydrogen-bond donors (Lipinski definition) is 2. The van der Waals surface area contributed by atoms with Gasteiger partial charge in [0, 0.05) is 33.2 Å². The van der Waals surface area contributed by atoms with E-state index in [0.29, 0.717) is 5.92 Å². The predicted molar refractivity (Wildman–Crippen MR) is 78.6 cm³/mol. The van der Waals surface area contributed by atoms with Gasteiger partial charge in [0.05, 0.1) is 6.61 Å². The number of methoxy groups -OCH3 is 1. The van der Waals surface area contributed by atoms with Crippen molar-refractivity contribution in [2.45, 2.75) is 32.1 Å². The lowest BCUT2D eigenvalue weighted by Crippen LogP contribution is -2.34. The van der Waals surface area contributed by atoms with E-state index in [2.05, 4.69) is 10.6 Å². The molecule has 2 aliphatic carbocycles. The van der Waals surface area contributed by atoms with E-state index < -0.39 is 0 Å². The van der Waals surface area contributed by atoms with E-state index in [0.717, 1.165) is 44.5 Å². The van der Waals surface area contributed by atoms with Crippen molar-refractivity contribution >= 4 is 18.3 Å². The third-order valence-electron chi connectivity index (χ3n) is 4.44. The van der Waals surface area contributed by atoms with Crippen LogP contribution in [0.2, 0.25) is 0 Å². The number of carbonyl (C=O) groups is 1. The minimum Gasteiger partial charge on any atom is -0.383 e. The average Bonchev–Trinajstić information content (AvgIpc) is 2.95. The lowest BCUT2D eigenvalue weighted by Gasteiger charge is -2.20. The Bertz CT molecular complexity index is 276. The van der Waals surface area contributed by atoms with Crippen LogP contribution in [-0.4, -0.2) is 39.3 Å². The molecule has 2 aliphatic rings. The van der Waals surface area contributed by atoms with E-state index in [9.17, 15) is 4.79 Å². The first-order chi connectivity index (χ1) is 8.79. The maximum absolute atomic E-state index is 11.8. The zero-order valence-electron chi connectivity index (χ0n) is 11.8. The Hall–Kier alpha value is -0.320. The van der Waals surface area contributed by atoms with Crippen molar-refractivity contribution in [3.05, 3.63) is 0 Å². The van der Waals surface area contributed by atoms with Crippen LogP contribution in [0.25, 0.3) is 0 Å². The van der Waals surface area contributed by atoms with E-state index in [1.165, 1.54) is 25.7 Å². The van der Waals surface area contributed by atoms with Crippen LogP contribution in [0.5, 0.6) is 0 Å². The number of fused-ring (bicyclic) bond motifs is 2. The molecule has 0 aliphatic heterocycles. The summed E-state index contributed by atoms with van der Waals surface area (Å²) in [5.74, 6) is 2.69. The summed E-state index contributed by atoms with van der Waals surface area (Å²) >= 11 is 0. The molecule has 5 heteroatoms. The third-order valence-corrected chi connectivity index (χ3v) is 4.44. The molecule has 2 N–H and O–H groups in total. The van der Waals surface area contributed by atoms with Crippen LogP contribution in [0.3, 0.4) is 0 Å². The molecule has 0 heterocycles. The Balaban J connectivity index is 0.00000180. The summed E-state index contributed by atoms with van der Waals surface area (Å²) in [6.07, 6.45) is 6.20. The number of halogens is 1. The average molecular weight is 291 g/mol. The van der Waals surface area contributed by atoms with E-state index in [-0.39, 0.29) is 18.3 Å². The molecule has 0 aromatic rings. The van der Waals surface area contributed by atoms with Gasteiger partial charge in [-0.05, 0) is 37.0 Å². The molecule has 0 radical (unpaired) electrons. The topological polar surface area (TPSA) is 50.4 Å². The van der Waals surface area contributed by atoms with Gasteiger partial charge in [-0.1, -0.05) is 6.42 Å². The highest BCUT2D eigenvalue weighted by molar-refractivity contribution is 5.85. The van der Waals surface area contributed by atoms with Gasteiger partial charge in [-0.3, -0.25) is 4.79 Å². The SMILES string of the molecule is COCCNCCNC(=O)CC1CC2CCC1C2.Cl. The molecule has 3 unspecified atom stereocenters. The highest BCUT2D eigenvalue weighted by Crippen LogP contribution is 2.49. The van der Waals surface area contributed by atoms with Gasteiger partial charge in [0.15, 0.2) is 0 Å². The molecule has 0 saturated heterocycles. The minimum atomic E-state index is 0. The minimum absolute atomic E-state index is 0. The van der Waals surface area contributed by atoms with E-state index in [1.807, 2.05) is 0 Å². The van der Waals surface area contributed by atoms with Gasteiger partial charge in [-0.15, -0.1) is 12.4 Å². The lowest BCUT2D eigenvalue weighted by molar-refractivity contribution is -0.122. The Morgan fingerprint density at radius 1 is 1.21 bits per heavy atom. The molecule has 0 aromatic carbocycles. The van der Waals surface area contributed by atoms with Gasteiger partial charge in [-0.2, -0.15) is 0 Å². The van der Waals surface area contributed by atoms with E-state index >= 15 is 0 Å². The molecule has 2 saturated carbocycles. The van der Waals surface area contributed by atoms with Crippen LogP contribution < -0.4 is 10.6 Å². The molecule has 2 fully saturated rings. The first-order valence-electron chi connectivity index (χ1n) is 7.26. The molecular formula is C14H27ClN2O2. The van der Waals surface area contributed by atoms with Crippen molar-refractivity contribution in [2.75, 3.05) is 33.4 Å². The molecule has 0 aromatic heterocycles. The quantitative estimate of drug-likeness (QED) is 0.668. The maximum atomic E-state index is 11.8. The number of rotatable bonds is 8. The summed E-state index contributed by atoms with van der Waals surface area (Å²) in [4.78, 5) is 11.8. The number of hydrogen-bond acceptors (Lipinski definition) is 3. The first kappa shape index (κ1) is 16.7. The Morgan fingerprint density at radius 3 is 2.68 bits per heavy atom. The Labute approximate surface area is 122 Å². The molecule has 2 rings (SSSR count). The lowest BCUT2D eigenvalue weighted by atomic mass is 9.86. The fraction of sp³-hybridized carbons (Fsp3) is 0.929. The van der Waals surface area contributed by atoms with Crippen molar-refractivity contribution in [3.8, 4) is 0 Å². The zero-order chi connectivity index (χ0) is 12.8. The van der Waals surface area contributed by atoms with Crippen LogP contribution in [0.15, 0.2) is 0 Å². The predicted octanol–water partition coefficient (Wildman–Crippen LogP) is 1.59. The normalized spacial score (nSPS) is 28.2. The fourth-order valence-electron chi connectivity index (χ4n) is 3.53. The number of ether oxygens (including phenoxy) is 1. The monoisotopic (exact) mass is 290 g/mol. The van der Waals surface area contributed by atoms with Crippen LogP contribution in [0.1, 0.15) is 32.1 Å². The second kappa shape index (κ2) is 8.77. The van der Waals surface area contributed by atoms with Crippen LogP contribution in [-0.2, 0) is 9.53 Å². The van der Waals surface area contributed by atoms with Gasteiger partial charge < -0.3 is 15.4 Å². The summed E-state index contributed by atoms with van der Waals surface area (Å²) in [6, 6.07) is 0. The van der Waals surface area contributed by atoms with Crippen molar-refractivity contribution in [1.29, 1.82) is 0 Å². The van der Waals surface area contributed by atoms with Crippen LogP contribution >= 0.6 is 12.4 Å². The first-order valence-corrected chi connectivity index (χ1v) is 7.26. The fourth-order valence-corrected chi connectivity index (χ4v) is 3.53. The summed E-state index contributed by atoms with van der Waals surface area (Å²) in [7, 11) is 1.69. The number of nitrogens with one attached hydrogen (secondary N) is 2. The molecule has 19 heavy (non-hydrogen) atoms. The van der Waals surface area contributed by atoms with Gasteiger partial charge in [0.1, 0.15) is 0 Å². The second-order valence-corrected chi connectivity index (χ2v) is 5.73. The second-order valence-electron chi connectivity index (χ2n) is 5.73. The highest BCUT2D eigenvalue weighted by atomic mass is 35.5. The summed E-state index contributed by atoms with van der Waals surface area (Å²) < 4.78 is 4.94. The van der Waals surface area contributed by atoms with Crippen molar-refractivity contribution in [3.63, 3.8) is 0 Å². The van der Waals surface area contributed by atoms with Gasteiger partial charge >= 0.3 is 0 Å². The molecule has 4 nitrogen and oxygen atoms in total. The molecule has 0 spiro atoms. The smallest absolute Gasteiger partial charge is 0.220 e. The number of amides is 1. The van der Waals surface area contributed by atoms with Crippen LogP contribution in [0, 0.1) is 17.8 Å².